The first kappa shape index (κ1) is 20.1. The Kier molecular flexibility index (Phi) is 5.61. The standard InChI is InChI=1S/C23H20N4O4/c1-16-6-5-11-26-14-19(25-22(16)26)13-24-23(28)18-9-10-21(20(12-18)27(29)30)31-15-17-7-3-2-4-8-17/h2-12,14H,13,15H2,1H3,(H,24,28). The van der Waals surface area contributed by atoms with E-state index in [2.05, 4.69) is 10.3 Å². The molecule has 0 aliphatic rings. The highest BCUT2D eigenvalue weighted by molar-refractivity contribution is 5.95. The lowest BCUT2D eigenvalue weighted by molar-refractivity contribution is -0.386. The van der Waals surface area contributed by atoms with Gasteiger partial charge in [-0.1, -0.05) is 36.4 Å². The number of carbonyl (C=O) groups is 1. The van der Waals surface area contributed by atoms with Gasteiger partial charge in [-0.05, 0) is 36.2 Å². The van der Waals surface area contributed by atoms with Crippen LogP contribution in [0.3, 0.4) is 0 Å². The molecule has 0 unspecified atom stereocenters. The van der Waals surface area contributed by atoms with Gasteiger partial charge in [0.25, 0.3) is 5.91 Å². The summed E-state index contributed by atoms with van der Waals surface area (Å²) >= 11 is 0. The number of aryl methyl sites for hydroxylation is 1. The molecule has 4 rings (SSSR count). The first-order chi connectivity index (χ1) is 15.0. The molecule has 2 aromatic heterocycles. The largest absolute Gasteiger partial charge is 0.482 e. The van der Waals surface area contributed by atoms with E-state index < -0.39 is 10.8 Å². The van der Waals surface area contributed by atoms with Crippen LogP contribution in [0, 0.1) is 17.0 Å². The fraction of sp³-hybridized carbons (Fsp3) is 0.130. The summed E-state index contributed by atoms with van der Waals surface area (Å²) < 4.78 is 7.50. The van der Waals surface area contributed by atoms with E-state index in [1.54, 1.807) is 0 Å². The first-order valence-electron chi connectivity index (χ1n) is 9.68. The van der Waals surface area contributed by atoms with E-state index in [0.29, 0.717) is 5.69 Å². The van der Waals surface area contributed by atoms with Crippen LogP contribution in [0.2, 0.25) is 0 Å². The second kappa shape index (κ2) is 8.66. The average molecular weight is 416 g/mol. The van der Waals surface area contributed by atoms with Crippen LogP contribution in [0.5, 0.6) is 5.75 Å². The lowest BCUT2D eigenvalue weighted by Crippen LogP contribution is -2.23. The minimum Gasteiger partial charge on any atom is -0.482 e. The number of aromatic nitrogens is 2. The summed E-state index contributed by atoms with van der Waals surface area (Å²) in [5.41, 5.74) is 3.36. The highest BCUT2D eigenvalue weighted by atomic mass is 16.6. The fourth-order valence-corrected chi connectivity index (χ4v) is 3.22. The Morgan fingerprint density at radius 3 is 2.71 bits per heavy atom. The molecule has 0 atom stereocenters. The molecule has 0 aliphatic carbocycles. The van der Waals surface area contributed by atoms with Crippen LogP contribution in [0.25, 0.3) is 5.65 Å². The number of ether oxygens (including phenoxy) is 1. The van der Waals surface area contributed by atoms with E-state index in [0.717, 1.165) is 16.8 Å². The predicted octanol–water partition coefficient (Wildman–Crippen LogP) is 4.06. The number of nitro benzene ring substituents is 1. The van der Waals surface area contributed by atoms with Gasteiger partial charge >= 0.3 is 5.69 Å². The van der Waals surface area contributed by atoms with E-state index in [1.807, 2.05) is 66.2 Å². The maximum atomic E-state index is 12.6. The molecule has 0 fully saturated rings. The molecule has 0 radical (unpaired) electrons. The molecule has 1 amide bonds. The molecular formula is C23H20N4O4. The van der Waals surface area contributed by atoms with Gasteiger partial charge in [-0.2, -0.15) is 0 Å². The van der Waals surface area contributed by atoms with E-state index >= 15 is 0 Å². The summed E-state index contributed by atoms with van der Waals surface area (Å²) in [5, 5.41) is 14.3. The Morgan fingerprint density at radius 1 is 1.16 bits per heavy atom. The molecule has 2 aromatic carbocycles. The highest BCUT2D eigenvalue weighted by Crippen LogP contribution is 2.29. The van der Waals surface area contributed by atoms with Crippen LogP contribution < -0.4 is 10.1 Å². The van der Waals surface area contributed by atoms with Crippen molar-refractivity contribution in [2.75, 3.05) is 0 Å². The number of nitrogens with one attached hydrogen (secondary N) is 1. The topological polar surface area (TPSA) is 98.8 Å². The minimum atomic E-state index is -0.554. The number of hydrogen-bond acceptors (Lipinski definition) is 5. The Bertz CT molecular complexity index is 1250. The molecule has 31 heavy (non-hydrogen) atoms. The molecule has 0 saturated heterocycles. The normalized spacial score (nSPS) is 10.7. The summed E-state index contributed by atoms with van der Waals surface area (Å²) in [7, 11) is 0. The van der Waals surface area contributed by atoms with Crippen molar-refractivity contribution in [3.05, 3.63) is 106 Å². The van der Waals surface area contributed by atoms with Gasteiger partial charge in [0.1, 0.15) is 12.3 Å². The molecule has 0 saturated carbocycles. The minimum absolute atomic E-state index is 0.112. The van der Waals surface area contributed by atoms with Crippen molar-refractivity contribution in [3.8, 4) is 5.75 Å². The Hall–Kier alpha value is -4.20. The summed E-state index contributed by atoms with van der Waals surface area (Å²) in [6, 6.07) is 17.4. The van der Waals surface area contributed by atoms with Gasteiger partial charge in [0, 0.05) is 24.0 Å². The van der Waals surface area contributed by atoms with Crippen molar-refractivity contribution in [1.29, 1.82) is 0 Å². The van der Waals surface area contributed by atoms with Gasteiger partial charge in [-0.25, -0.2) is 4.98 Å². The van der Waals surface area contributed by atoms with Crippen LogP contribution in [-0.4, -0.2) is 20.2 Å². The van der Waals surface area contributed by atoms with Crippen molar-refractivity contribution in [2.24, 2.45) is 0 Å². The summed E-state index contributed by atoms with van der Waals surface area (Å²) in [5.74, 6) is -0.312. The van der Waals surface area contributed by atoms with Crippen LogP contribution >= 0.6 is 0 Å². The molecule has 0 bridgehead atoms. The molecule has 2 heterocycles. The first-order valence-corrected chi connectivity index (χ1v) is 9.68. The molecule has 4 aromatic rings. The van der Waals surface area contributed by atoms with E-state index in [4.69, 9.17) is 4.74 Å². The lowest BCUT2D eigenvalue weighted by atomic mass is 10.1. The van der Waals surface area contributed by atoms with Gasteiger partial charge in [-0.15, -0.1) is 0 Å². The second-order valence-corrected chi connectivity index (χ2v) is 7.05. The maximum absolute atomic E-state index is 12.6. The number of amides is 1. The van der Waals surface area contributed by atoms with Crippen LogP contribution in [0.15, 0.2) is 73.1 Å². The molecule has 1 N–H and O–H groups in total. The van der Waals surface area contributed by atoms with Crippen LogP contribution in [-0.2, 0) is 13.2 Å². The highest BCUT2D eigenvalue weighted by Gasteiger charge is 2.19. The predicted molar refractivity (Wildman–Crippen MR) is 115 cm³/mol. The monoisotopic (exact) mass is 416 g/mol. The molecule has 156 valence electrons. The Labute approximate surface area is 178 Å². The van der Waals surface area contributed by atoms with Gasteiger partial charge in [0.2, 0.25) is 0 Å². The number of nitro groups is 1. The zero-order valence-corrected chi connectivity index (χ0v) is 16.8. The number of hydrogen-bond donors (Lipinski definition) is 1. The van der Waals surface area contributed by atoms with Crippen molar-refractivity contribution in [2.45, 2.75) is 20.1 Å². The molecule has 8 nitrogen and oxygen atoms in total. The lowest BCUT2D eigenvalue weighted by Gasteiger charge is -2.09. The van der Waals surface area contributed by atoms with E-state index in [-0.39, 0.29) is 30.2 Å². The number of nitrogens with zero attached hydrogens (tertiary/aromatic N) is 3. The number of pyridine rings is 1. The van der Waals surface area contributed by atoms with Gasteiger partial charge < -0.3 is 14.5 Å². The molecule has 8 heteroatoms. The molecule has 0 aliphatic heterocycles. The number of rotatable bonds is 7. The number of benzene rings is 2. The second-order valence-electron chi connectivity index (χ2n) is 7.05. The quantitative estimate of drug-likeness (QED) is 0.362. The van der Waals surface area contributed by atoms with Crippen molar-refractivity contribution in [1.82, 2.24) is 14.7 Å². The third-order valence-electron chi connectivity index (χ3n) is 4.81. The number of fused-ring (bicyclic) bond motifs is 1. The summed E-state index contributed by atoms with van der Waals surface area (Å²) in [6.45, 7) is 2.37. The zero-order valence-electron chi connectivity index (χ0n) is 16.8. The Morgan fingerprint density at radius 2 is 1.97 bits per heavy atom. The third-order valence-corrected chi connectivity index (χ3v) is 4.81. The summed E-state index contributed by atoms with van der Waals surface area (Å²) in [6.07, 6.45) is 3.73. The SMILES string of the molecule is Cc1cccn2cc(CNC(=O)c3ccc(OCc4ccccc4)c([N+](=O)[O-])c3)nc12. The maximum Gasteiger partial charge on any atom is 0.311 e. The van der Waals surface area contributed by atoms with Gasteiger partial charge in [0.15, 0.2) is 5.75 Å². The van der Waals surface area contributed by atoms with E-state index in [1.165, 1.54) is 18.2 Å². The molecular weight excluding hydrogens is 396 g/mol. The number of imidazole rings is 1. The molecule has 0 spiro atoms. The smallest absolute Gasteiger partial charge is 0.311 e. The third kappa shape index (κ3) is 4.53. The average Bonchev–Trinajstić information content (AvgIpc) is 3.21. The fourth-order valence-electron chi connectivity index (χ4n) is 3.22. The van der Waals surface area contributed by atoms with Crippen molar-refractivity contribution in [3.63, 3.8) is 0 Å². The van der Waals surface area contributed by atoms with Gasteiger partial charge in [-0.3, -0.25) is 14.9 Å². The number of carbonyl (C=O) groups excluding carboxylic acids is 1. The van der Waals surface area contributed by atoms with E-state index in [9.17, 15) is 14.9 Å². The van der Waals surface area contributed by atoms with Crippen LogP contribution in [0.4, 0.5) is 5.69 Å². The van der Waals surface area contributed by atoms with Crippen LogP contribution in [0.1, 0.15) is 27.2 Å². The Balaban J connectivity index is 1.46. The van der Waals surface area contributed by atoms with Crippen molar-refractivity contribution < 1.29 is 14.5 Å². The summed E-state index contributed by atoms with van der Waals surface area (Å²) in [4.78, 5) is 28.0. The van der Waals surface area contributed by atoms with Gasteiger partial charge in [0.05, 0.1) is 17.2 Å². The zero-order chi connectivity index (χ0) is 21.8. The van der Waals surface area contributed by atoms with Crippen molar-refractivity contribution >= 4 is 17.2 Å².